The SMILES string of the molecule is Cc1cccc(-c2nn(C)cc2CCC(=O)O)c1. The fourth-order valence-corrected chi connectivity index (χ4v) is 2.00. The van der Waals surface area contributed by atoms with E-state index in [4.69, 9.17) is 5.11 Å². The minimum atomic E-state index is -0.783. The Hall–Kier alpha value is -2.10. The first kappa shape index (κ1) is 12.4. The number of carbonyl (C=O) groups is 1. The maximum absolute atomic E-state index is 10.7. The van der Waals surface area contributed by atoms with Crippen LogP contribution < -0.4 is 0 Å². The Morgan fingerprint density at radius 3 is 2.89 bits per heavy atom. The summed E-state index contributed by atoms with van der Waals surface area (Å²) in [5.74, 6) is -0.783. The van der Waals surface area contributed by atoms with Gasteiger partial charge in [0.2, 0.25) is 0 Å². The molecule has 4 heteroatoms. The molecular formula is C14H16N2O2. The average molecular weight is 244 g/mol. The fraction of sp³-hybridized carbons (Fsp3) is 0.286. The number of nitrogens with zero attached hydrogens (tertiary/aromatic N) is 2. The molecule has 0 spiro atoms. The predicted octanol–water partition coefficient (Wildman–Crippen LogP) is 2.41. The minimum Gasteiger partial charge on any atom is -0.481 e. The van der Waals surface area contributed by atoms with Gasteiger partial charge < -0.3 is 5.11 Å². The van der Waals surface area contributed by atoms with Crippen LogP contribution in [-0.4, -0.2) is 20.9 Å². The van der Waals surface area contributed by atoms with Crippen LogP contribution in [0.3, 0.4) is 0 Å². The highest BCUT2D eigenvalue weighted by Gasteiger charge is 2.11. The second-order valence-electron chi connectivity index (χ2n) is 4.44. The van der Waals surface area contributed by atoms with Crippen LogP contribution >= 0.6 is 0 Å². The van der Waals surface area contributed by atoms with Gasteiger partial charge in [-0.05, 0) is 25.0 Å². The average Bonchev–Trinajstić information content (AvgIpc) is 2.68. The first-order valence-electron chi connectivity index (χ1n) is 5.87. The van der Waals surface area contributed by atoms with Crippen molar-refractivity contribution in [3.8, 4) is 11.3 Å². The van der Waals surface area contributed by atoms with Gasteiger partial charge in [-0.25, -0.2) is 0 Å². The zero-order valence-electron chi connectivity index (χ0n) is 10.6. The topological polar surface area (TPSA) is 55.1 Å². The number of rotatable bonds is 4. The molecule has 0 radical (unpaired) electrons. The van der Waals surface area contributed by atoms with Crippen molar-refractivity contribution < 1.29 is 9.90 Å². The summed E-state index contributed by atoms with van der Waals surface area (Å²) in [6, 6.07) is 8.08. The molecule has 94 valence electrons. The molecule has 0 saturated carbocycles. The molecule has 18 heavy (non-hydrogen) atoms. The molecule has 0 unspecified atom stereocenters. The molecule has 2 rings (SSSR count). The highest BCUT2D eigenvalue weighted by molar-refractivity contribution is 5.69. The van der Waals surface area contributed by atoms with Crippen LogP contribution in [0.4, 0.5) is 0 Å². The summed E-state index contributed by atoms with van der Waals surface area (Å²) in [5, 5.41) is 13.2. The number of hydrogen-bond donors (Lipinski definition) is 1. The van der Waals surface area contributed by atoms with Crippen molar-refractivity contribution in [1.29, 1.82) is 0 Å². The van der Waals surface area contributed by atoms with Crippen molar-refractivity contribution in [2.75, 3.05) is 0 Å². The van der Waals surface area contributed by atoms with E-state index in [1.165, 1.54) is 5.56 Å². The van der Waals surface area contributed by atoms with E-state index < -0.39 is 5.97 Å². The maximum Gasteiger partial charge on any atom is 0.303 e. The van der Waals surface area contributed by atoms with Crippen molar-refractivity contribution in [1.82, 2.24) is 9.78 Å². The van der Waals surface area contributed by atoms with Crippen LogP contribution in [0.1, 0.15) is 17.5 Å². The number of hydrogen-bond acceptors (Lipinski definition) is 2. The van der Waals surface area contributed by atoms with Crippen LogP contribution in [0.5, 0.6) is 0 Å². The molecular weight excluding hydrogens is 228 g/mol. The monoisotopic (exact) mass is 244 g/mol. The van der Waals surface area contributed by atoms with Gasteiger partial charge in [0.05, 0.1) is 5.69 Å². The number of benzene rings is 1. The first-order chi connectivity index (χ1) is 8.56. The molecule has 1 N–H and O–H groups in total. The summed E-state index contributed by atoms with van der Waals surface area (Å²) in [6.45, 7) is 2.03. The molecule has 1 aromatic heterocycles. The molecule has 4 nitrogen and oxygen atoms in total. The molecule has 0 aliphatic rings. The summed E-state index contributed by atoms with van der Waals surface area (Å²) < 4.78 is 1.73. The number of aromatic nitrogens is 2. The van der Waals surface area contributed by atoms with Crippen LogP contribution in [0.2, 0.25) is 0 Å². The first-order valence-corrected chi connectivity index (χ1v) is 5.87. The summed E-state index contributed by atoms with van der Waals surface area (Å²) in [6.07, 6.45) is 2.53. The largest absolute Gasteiger partial charge is 0.481 e. The number of carboxylic acids is 1. The van der Waals surface area contributed by atoms with E-state index in [9.17, 15) is 4.79 Å². The number of aliphatic carboxylic acids is 1. The van der Waals surface area contributed by atoms with E-state index in [1.807, 2.05) is 38.4 Å². The molecule has 0 amide bonds. The lowest BCUT2D eigenvalue weighted by Crippen LogP contribution is -1.97. The van der Waals surface area contributed by atoms with Gasteiger partial charge in [0.25, 0.3) is 0 Å². The molecule has 0 aliphatic carbocycles. The summed E-state index contributed by atoms with van der Waals surface area (Å²) >= 11 is 0. The van der Waals surface area contributed by atoms with Crippen molar-refractivity contribution in [3.05, 3.63) is 41.6 Å². The predicted molar refractivity (Wildman–Crippen MR) is 69.3 cm³/mol. The van der Waals surface area contributed by atoms with Crippen molar-refractivity contribution in [2.45, 2.75) is 19.8 Å². The zero-order chi connectivity index (χ0) is 13.1. The van der Waals surface area contributed by atoms with Gasteiger partial charge in [-0.15, -0.1) is 0 Å². The Morgan fingerprint density at radius 2 is 2.22 bits per heavy atom. The molecule has 2 aromatic rings. The third-order valence-electron chi connectivity index (χ3n) is 2.80. The Bertz CT molecular complexity index is 573. The second-order valence-corrected chi connectivity index (χ2v) is 4.44. The molecule has 0 bridgehead atoms. The van der Waals surface area contributed by atoms with Gasteiger partial charge in [-0.3, -0.25) is 9.48 Å². The van der Waals surface area contributed by atoms with Crippen LogP contribution in [-0.2, 0) is 18.3 Å². The smallest absolute Gasteiger partial charge is 0.303 e. The van der Waals surface area contributed by atoms with Gasteiger partial charge in [0, 0.05) is 25.2 Å². The Balaban J connectivity index is 2.35. The second kappa shape index (κ2) is 5.04. The van der Waals surface area contributed by atoms with E-state index in [0.29, 0.717) is 6.42 Å². The zero-order valence-corrected chi connectivity index (χ0v) is 10.6. The summed E-state index contributed by atoms with van der Waals surface area (Å²) in [7, 11) is 1.85. The maximum atomic E-state index is 10.7. The quantitative estimate of drug-likeness (QED) is 0.898. The Morgan fingerprint density at radius 1 is 1.44 bits per heavy atom. The van der Waals surface area contributed by atoms with E-state index in [1.54, 1.807) is 4.68 Å². The normalized spacial score (nSPS) is 10.6. The van der Waals surface area contributed by atoms with Gasteiger partial charge in [-0.2, -0.15) is 5.10 Å². The van der Waals surface area contributed by atoms with Crippen molar-refractivity contribution in [3.63, 3.8) is 0 Å². The van der Waals surface area contributed by atoms with Gasteiger partial charge >= 0.3 is 5.97 Å². The third-order valence-corrected chi connectivity index (χ3v) is 2.80. The van der Waals surface area contributed by atoms with Crippen LogP contribution in [0.25, 0.3) is 11.3 Å². The molecule has 1 heterocycles. The van der Waals surface area contributed by atoms with E-state index in [2.05, 4.69) is 11.2 Å². The molecule has 1 aromatic carbocycles. The summed E-state index contributed by atoms with van der Waals surface area (Å²) in [4.78, 5) is 10.7. The number of carboxylic acid groups (broad SMARTS) is 1. The Labute approximate surface area is 106 Å². The van der Waals surface area contributed by atoms with E-state index in [0.717, 1.165) is 16.8 Å². The van der Waals surface area contributed by atoms with Crippen molar-refractivity contribution >= 4 is 5.97 Å². The highest BCUT2D eigenvalue weighted by Crippen LogP contribution is 2.23. The lowest BCUT2D eigenvalue weighted by atomic mass is 10.0. The van der Waals surface area contributed by atoms with E-state index >= 15 is 0 Å². The van der Waals surface area contributed by atoms with Crippen molar-refractivity contribution in [2.24, 2.45) is 7.05 Å². The molecule has 0 aliphatic heterocycles. The van der Waals surface area contributed by atoms with Gasteiger partial charge in [-0.1, -0.05) is 23.8 Å². The molecule has 0 fully saturated rings. The fourth-order valence-electron chi connectivity index (χ4n) is 2.00. The van der Waals surface area contributed by atoms with Crippen LogP contribution in [0.15, 0.2) is 30.5 Å². The molecule has 0 atom stereocenters. The standard InChI is InChI=1S/C14H16N2O2/c1-10-4-3-5-11(8-10)14-12(6-7-13(17)18)9-16(2)15-14/h3-5,8-9H,6-7H2,1-2H3,(H,17,18). The highest BCUT2D eigenvalue weighted by atomic mass is 16.4. The summed E-state index contributed by atoms with van der Waals surface area (Å²) in [5.41, 5.74) is 4.06. The van der Waals surface area contributed by atoms with Gasteiger partial charge in [0.15, 0.2) is 0 Å². The molecule has 0 saturated heterocycles. The lowest BCUT2D eigenvalue weighted by Gasteiger charge is -2.02. The Kier molecular flexibility index (Phi) is 3.46. The minimum absolute atomic E-state index is 0.129. The van der Waals surface area contributed by atoms with E-state index in [-0.39, 0.29) is 6.42 Å². The van der Waals surface area contributed by atoms with Crippen LogP contribution in [0, 0.1) is 6.92 Å². The third kappa shape index (κ3) is 2.77. The van der Waals surface area contributed by atoms with Gasteiger partial charge in [0.1, 0.15) is 0 Å². The number of aryl methyl sites for hydroxylation is 3. The lowest BCUT2D eigenvalue weighted by molar-refractivity contribution is -0.136.